The molecule has 67 heavy (non-hydrogen) atoms. The molecule has 2 aliphatic rings. The first-order valence-corrected chi connectivity index (χ1v) is 22.6. The lowest BCUT2D eigenvalue weighted by Gasteiger charge is -2.20. The molecule has 1 atom stereocenters. The minimum Gasteiger partial charge on any atom is -0.492 e. The molecule has 0 spiro atoms. The molecule has 13 heteroatoms. The van der Waals surface area contributed by atoms with Gasteiger partial charge in [-0.1, -0.05) is 93.6 Å². The third-order valence-corrected chi connectivity index (χ3v) is 11.4. The Bertz CT molecular complexity index is 2970. The number of hydrogen-bond donors (Lipinski definition) is 0. The van der Waals surface area contributed by atoms with E-state index in [1.165, 1.54) is 0 Å². The van der Waals surface area contributed by atoms with Crippen molar-refractivity contribution in [3.05, 3.63) is 130 Å². The van der Waals surface area contributed by atoms with Crippen molar-refractivity contribution in [3.8, 4) is 23.0 Å². The molecule has 0 aliphatic carbocycles. The van der Waals surface area contributed by atoms with Crippen molar-refractivity contribution >= 4 is 68.5 Å². The van der Waals surface area contributed by atoms with Crippen LogP contribution in [0.1, 0.15) is 114 Å². The highest BCUT2D eigenvalue weighted by atomic mass is 16.6. The Labute approximate surface area is 388 Å². The van der Waals surface area contributed by atoms with Gasteiger partial charge in [0.25, 0.3) is 23.6 Å². The SMILES string of the molecule is CCC(C)Oc1c2c(c(OC(C)C)c3ccccc13)C(=O)N(c1ccc(CC(=O)OC(=O)Cc3ccc(N4C(=O)c5c(c(OC(C)C)c6ccccc6c5OCC(C)C)C4=O)cc3)cc1)C2=O. The van der Waals surface area contributed by atoms with Gasteiger partial charge in [0.2, 0.25) is 0 Å². The van der Waals surface area contributed by atoms with E-state index in [4.69, 9.17) is 23.7 Å². The van der Waals surface area contributed by atoms with Gasteiger partial charge in [0.05, 0.1) is 71.4 Å². The molecule has 1 unspecified atom stereocenters. The maximum atomic E-state index is 14.2. The summed E-state index contributed by atoms with van der Waals surface area (Å²) in [6.45, 7) is 15.6. The van der Waals surface area contributed by atoms with Crippen LogP contribution in [-0.4, -0.2) is 60.5 Å². The normalized spacial score (nSPS) is 13.8. The Morgan fingerprint density at radius 3 is 1.16 bits per heavy atom. The van der Waals surface area contributed by atoms with E-state index in [0.717, 1.165) is 9.80 Å². The van der Waals surface area contributed by atoms with Crippen LogP contribution < -0.4 is 28.7 Å². The number of imide groups is 2. The fourth-order valence-electron chi connectivity index (χ4n) is 8.25. The molecule has 4 amide bonds. The van der Waals surface area contributed by atoms with Gasteiger partial charge in [0.15, 0.2) is 0 Å². The van der Waals surface area contributed by atoms with Crippen LogP contribution in [0.15, 0.2) is 97.1 Å². The smallest absolute Gasteiger partial charge is 0.317 e. The third kappa shape index (κ3) is 8.81. The summed E-state index contributed by atoms with van der Waals surface area (Å²) in [4.78, 5) is 85.0. The number of carbonyl (C=O) groups excluding carboxylic acids is 6. The van der Waals surface area contributed by atoms with Crippen LogP contribution in [0.3, 0.4) is 0 Å². The van der Waals surface area contributed by atoms with Crippen molar-refractivity contribution in [2.75, 3.05) is 16.4 Å². The summed E-state index contributed by atoms with van der Waals surface area (Å²) < 4.78 is 30.2. The highest BCUT2D eigenvalue weighted by molar-refractivity contribution is 6.39. The van der Waals surface area contributed by atoms with Crippen LogP contribution in [-0.2, 0) is 27.2 Å². The largest absolute Gasteiger partial charge is 0.492 e. The molecule has 13 nitrogen and oxygen atoms in total. The van der Waals surface area contributed by atoms with Gasteiger partial charge >= 0.3 is 11.9 Å². The molecule has 0 saturated carbocycles. The summed E-state index contributed by atoms with van der Waals surface area (Å²) in [7, 11) is 0. The topological polar surface area (TPSA) is 155 Å². The number of hydrogen-bond acceptors (Lipinski definition) is 11. The second-order valence-corrected chi connectivity index (χ2v) is 17.7. The van der Waals surface area contributed by atoms with Crippen molar-refractivity contribution < 1.29 is 52.5 Å². The number of rotatable bonds is 16. The van der Waals surface area contributed by atoms with Crippen LogP contribution >= 0.6 is 0 Å². The lowest BCUT2D eigenvalue weighted by atomic mass is 9.98. The zero-order valence-corrected chi connectivity index (χ0v) is 38.8. The van der Waals surface area contributed by atoms with Crippen molar-refractivity contribution in [1.29, 1.82) is 0 Å². The van der Waals surface area contributed by atoms with Gasteiger partial charge in [-0.2, -0.15) is 0 Å². The summed E-state index contributed by atoms with van der Waals surface area (Å²) >= 11 is 0. The number of ether oxygens (including phenoxy) is 5. The highest BCUT2D eigenvalue weighted by Gasteiger charge is 2.45. The van der Waals surface area contributed by atoms with E-state index >= 15 is 0 Å². The van der Waals surface area contributed by atoms with Crippen LogP contribution in [0.2, 0.25) is 0 Å². The molecule has 2 heterocycles. The van der Waals surface area contributed by atoms with Gasteiger partial charge in [-0.3, -0.25) is 28.8 Å². The maximum Gasteiger partial charge on any atom is 0.317 e. The van der Waals surface area contributed by atoms with E-state index in [2.05, 4.69) is 0 Å². The minimum atomic E-state index is -0.808. The summed E-state index contributed by atoms with van der Waals surface area (Å²) in [5, 5.41) is 2.62. The quantitative estimate of drug-likeness (QED) is 0.0518. The molecular weight excluding hydrogens is 853 g/mol. The van der Waals surface area contributed by atoms with Crippen molar-refractivity contribution in [1.82, 2.24) is 0 Å². The molecule has 0 N–H and O–H groups in total. The zero-order valence-electron chi connectivity index (χ0n) is 38.8. The van der Waals surface area contributed by atoms with Crippen molar-refractivity contribution in [3.63, 3.8) is 0 Å². The summed E-state index contributed by atoms with van der Waals surface area (Å²) in [6, 6.07) is 27.3. The number of benzene rings is 6. The van der Waals surface area contributed by atoms with E-state index in [-0.39, 0.29) is 70.7 Å². The first-order valence-electron chi connectivity index (χ1n) is 22.6. The number of amides is 4. The maximum absolute atomic E-state index is 14.2. The van der Waals surface area contributed by atoms with E-state index in [1.807, 2.05) is 104 Å². The second-order valence-electron chi connectivity index (χ2n) is 17.7. The fourth-order valence-corrected chi connectivity index (χ4v) is 8.25. The van der Waals surface area contributed by atoms with Crippen molar-refractivity contribution in [2.45, 2.75) is 93.0 Å². The van der Waals surface area contributed by atoms with Crippen LogP contribution in [0, 0.1) is 5.92 Å². The molecule has 6 aromatic rings. The molecule has 0 radical (unpaired) electrons. The average Bonchev–Trinajstić information content (AvgIpc) is 3.71. The number of fused-ring (bicyclic) bond motifs is 4. The van der Waals surface area contributed by atoms with Gasteiger partial charge in [-0.05, 0) is 82.3 Å². The van der Waals surface area contributed by atoms with E-state index in [0.29, 0.717) is 68.7 Å². The number of esters is 2. The predicted octanol–water partition coefficient (Wildman–Crippen LogP) is 10.2. The molecule has 8 rings (SSSR count). The molecule has 6 aromatic carbocycles. The Morgan fingerprint density at radius 1 is 0.478 bits per heavy atom. The first-order chi connectivity index (χ1) is 32.1. The van der Waals surface area contributed by atoms with Gasteiger partial charge in [-0.15, -0.1) is 0 Å². The Balaban J connectivity index is 0.953. The van der Waals surface area contributed by atoms with Gasteiger partial charge in [0, 0.05) is 21.5 Å². The summed E-state index contributed by atoms with van der Waals surface area (Å²) in [5.41, 5.74) is 2.02. The zero-order chi connectivity index (χ0) is 47.8. The van der Waals surface area contributed by atoms with E-state index in [1.54, 1.807) is 48.5 Å². The molecule has 0 saturated heterocycles. The second kappa shape index (κ2) is 18.7. The number of carbonyl (C=O) groups is 6. The molecule has 0 aromatic heterocycles. The highest BCUT2D eigenvalue weighted by Crippen LogP contribution is 2.48. The third-order valence-electron chi connectivity index (χ3n) is 11.4. The Morgan fingerprint density at radius 2 is 0.821 bits per heavy atom. The van der Waals surface area contributed by atoms with Crippen LogP contribution in [0.25, 0.3) is 21.5 Å². The molecule has 0 bridgehead atoms. The van der Waals surface area contributed by atoms with Gasteiger partial charge in [0.1, 0.15) is 23.0 Å². The monoisotopic (exact) mass is 904 g/mol. The van der Waals surface area contributed by atoms with Crippen LogP contribution in [0.4, 0.5) is 11.4 Å². The molecule has 0 fully saturated rings. The molecule has 2 aliphatic heterocycles. The van der Waals surface area contributed by atoms with Crippen LogP contribution in [0.5, 0.6) is 23.0 Å². The number of anilines is 2. The Hall–Kier alpha value is -7.54. The molecule has 344 valence electrons. The summed E-state index contributed by atoms with van der Waals surface area (Å²) in [6.07, 6.45) is -0.678. The molecular formula is C54H52N2O11. The fraction of sp³-hybridized carbons (Fsp3) is 0.296. The minimum absolute atomic E-state index is 0.126. The lowest BCUT2D eigenvalue weighted by molar-refractivity contribution is -0.158. The van der Waals surface area contributed by atoms with E-state index in [9.17, 15) is 28.8 Å². The Kier molecular flexibility index (Phi) is 12.9. The first kappa shape index (κ1) is 46.0. The number of nitrogens with zero attached hydrogens (tertiary/aromatic N) is 2. The predicted molar refractivity (Wildman–Crippen MR) is 254 cm³/mol. The summed E-state index contributed by atoms with van der Waals surface area (Å²) in [5.74, 6) is -2.46. The lowest BCUT2D eigenvalue weighted by Crippen LogP contribution is -2.29. The van der Waals surface area contributed by atoms with Gasteiger partial charge < -0.3 is 23.7 Å². The van der Waals surface area contributed by atoms with E-state index < -0.39 is 35.6 Å². The van der Waals surface area contributed by atoms with Gasteiger partial charge in [-0.25, -0.2) is 9.80 Å². The van der Waals surface area contributed by atoms with Crippen molar-refractivity contribution in [2.24, 2.45) is 5.92 Å². The average molecular weight is 905 g/mol. The standard InChI is InChI=1S/C54H52N2O11/c1-9-32(8)66-50-40-17-13-12-16-39(40)49(65-31(6)7)45-46(50)54(62)56(53(45)61)36-24-20-34(21-25-36)27-42(58)67-41(57)26-33-18-22-35(23-19-33)55-51(59)43-44(52(55)60)48(64-30(4)5)38-15-11-10-14-37(38)47(43)63-28-29(2)3/h10-25,29-32H,9,26-28H2,1-8H3.